The van der Waals surface area contributed by atoms with Crippen LogP contribution in [0.2, 0.25) is 0 Å². The number of fused-ring (bicyclic) bond motifs is 5. The van der Waals surface area contributed by atoms with Crippen molar-refractivity contribution in [3.63, 3.8) is 0 Å². The zero-order valence-corrected chi connectivity index (χ0v) is 28.4. The van der Waals surface area contributed by atoms with E-state index in [2.05, 4.69) is 205 Å². The second-order valence-electron chi connectivity index (χ2n) is 13.4. The first kappa shape index (κ1) is 30.0. The van der Waals surface area contributed by atoms with Crippen LogP contribution < -0.4 is 4.90 Å². The Morgan fingerprint density at radius 3 is 1.58 bits per heavy atom. The molecule has 1 heterocycles. The van der Waals surface area contributed by atoms with E-state index in [4.69, 9.17) is 4.42 Å². The van der Waals surface area contributed by atoms with Gasteiger partial charge in [0.25, 0.3) is 0 Å². The first-order chi connectivity index (χ1) is 25.8. The lowest BCUT2D eigenvalue weighted by atomic mass is 9.91. The summed E-state index contributed by atoms with van der Waals surface area (Å²) < 4.78 is 6.41. The second-order valence-corrected chi connectivity index (χ2v) is 13.4. The van der Waals surface area contributed by atoms with Gasteiger partial charge in [0.1, 0.15) is 11.2 Å². The van der Waals surface area contributed by atoms with Crippen LogP contribution in [0.25, 0.3) is 76.9 Å². The molecule has 2 heteroatoms. The van der Waals surface area contributed by atoms with E-state index in [-0.39, 0.29) is 0 Å². The maximum absolute atomic E-state index is 6.41. The van der Waals surface area contributed by atoms with Crippen LogP contribution in [0.3, 0.4) is 0 Å². The van der Waals surface area contributed by atoms with Crippen molar-refractivity contribution in [2.75, 3.05) is 4.90 Å². The predicted molar refractivity (Wildman–Crippen MR) is 220 cm³/mol. The lowest BCUT2D eigenvalue weighted by molar-refractivity contribution is 0.669. The Labute approximate surface area is 302 Å². The van der Waals surface area contributed by atoms with E-state index >= 15 is 0 Å². The SMILES string of the molecule is c1ccc(-c2cccc(N(c3ccc(-c4cccc5cccc(-c6ccccc6)c45)cc3)c3ccc4oc5cc6ccccc6cc5c4c3)c2)cc1. The highest BCUT2D eigenvalue weighted by Crippen LogP contribution is 2.42. The van der Waals surface area contributed by atoms with Crippen LogP contribution in [-0.2, 0) is 0 Å². The normalized spacial score (nSPS) is 11.5. The summed E-state index contributed by atoms with van der Waals surface area (Å²) in [6.45, 7) is 0. The average Bonchev–Trinajstić information content (AvgIpc) is 3.57. The first-order valence-electron chi connectivity index (χ1n) is 17.8. The van der Waals surface area contributed by atoms with Crippen LogP contribution in [0, 0.1) is 0 Å². The molecule has 52 heavy (non-hydrogen) atoms. The van der Waals surface area contributed by atoms with Crippen molar-refractivity contribution < 1.29 is 4.42 Å². The quantitative estimate of drug-likeness (QED) is 0.176. The van der Waals surface area contributed by atoms with E-state index in [9.17, 15) is 0 Å². The maximum Gasteiger partial charge on any atom is 0.136 e. The van der Waals surface area contributed by atoms with Crippen molar-refractivity contribution in [3.8, 4) is 33.4 Å². The molecule has 0 spiro atoms. The van der Waals surface area contributed by atoms with Gasteiger partial charge >= 0.3 is 0 Å². The summed E-state index contributed by atoms with van der Waals surface area (Å²) in [5.74, 6) is 0. The lowest BCUT2D eigenvalue weighted by Crippen LogP contribution is -2.10. The minimum absolute atomic E-state index is 0.882. The fourth-order valence-corrected chi connectivity index (χ4v) is 7.72. The van der Waals surface area contributed by atoms with Gasteiger partial charge < -0.3 is 9.32 Å². The molecule has 2 nitrogen and oxygen atoms in total. The Morgan fingerprint density at radius 1 is 0.308 bits per heavy atom. The topological polar surface area (TPSA) is 16.4 Å². The molecule has 9 aromatic carbocycles. The summed E-state index contributed by atoms with van der Waals surface area (Å²) in [4.78, 5) is 2.36. The zero-order valence-electron chi connectivity index (χ0n) is 28.4. The van der Waals surface area contributed by atoms with E-state index in [1.807, 2.05) is 0 Å². The largest absolute Gasteiger partial charge is 0.456 e. The molecule has 0 fully saturated rings. The molecule has 1 aromatic heterocycles. The molecular weight excluding hydrogens is 631 g/mol. The van der Waals surface area contributed by atoms with E-state index in [0.717, 1.165) is 39.0 Å². The molecule has 0 N–H and O–H groups in total. The van der Waals surface area contributed by atoms with E-state index in [1.165, 1.54) is 54.9 Å². The summed E-state index contributed by atoms with van der Waals surface area (Å²) >= 11 is 0. The average molecular weight is 664 g/mol. The van der Waals surface area contributed by atoms with Gasteiger partial charge in [-0.1, -0.05) is 146 Å². The summed E-state index contributed by atoms with van der Waals surface area (Å²) in [7, 11) is 0. The van der Waals surface area contributed by atoms with E-state index in [0.29, 0.717) is 0 Å². The van der Waals surface area contributed by atoms with E-state index < -0.39 is 0 Å². The van der Waals surface area contributed by atoms with Gasteiger partial charge in [0.2, 0.25) is 0 Å². The summed E-state index contributed by atoms with van der Waals surface area (Å²) in [5.41, 5.74) is 12.2. The van der Waals surface area contributed by atoms with Crippen LogP contribution in [-0.4, -0.2) is 0 Å². The third-order valence-corrected chi connectivity index (χ3v) is 10.2. The van der Waals surface area contributed by atoms with Crippen molar-refractivity contribution in [1.29, 1.82) is 0 Å². The Hall–Kier alpha value is -6.90. The van der Waals surface area contributed by atoms with Crippen molar-refractivity contribution >= 4 is 60.5 Å². The number of nitrogens with zero attached hydrogens (tertiary/aromatic N) is 1. The molecule has 244 valence electrons. The monoisotopic (exact) mass is 663 g/mol. The molecule has 0 aliphatic rings. The zero-order chi connectivity index (χ0) is 34.4. The smallest absolute Gasteiger partial charge is 0.136 e. The van der Waals surface area contributed by atoms with Crippen molar-refractivity contribution in [3.05, 3.63) is 200 Å². The van der Waals surface area contributed by atoms with Gasteiger partial charge in [-0.05, 0) is 110 Å². The number of anilines is 3. The number of hydrogen-bond donors (Lipinski definition) is 0. The summed E-state index contributed by atoms with van der Waals surface area (Å²) in [5, 5.41) is 7.10. The number of rotatable bonds is 6. The first-order valence-corrected chi connectivity index (χ1v) is 17.8. The van der Waals surface area contributed by atoms with Gasteiger partial charge in [-0.3, -0.25) is 0 Å². The summed E-state index contributed by atoms with van der Waals surface area (Å²) in [6.07, 6.45) is 0. The van der Waals surface area contributed by atoms with Crippen LogP contribution in [0.15, 0.2) is 205 Å². The number of furan rings is 1. The van der Waals surface area contributed by atoms with Gasteiger partial charge in [0.05, 0.1) is 0 Å². The highest BCUT2D eigenvalue weighted by Gasteiger charge is 2.18. The van der Waals surface area contributed by atoms with Crippen molar-refractivity contribution in [2.24, 2.45) is 0 Å². The molecule has 0 atom stereocenters. The van der Waals surface area contributed by atoms with Crippen LogP contribution in [0.1, 0.15) is 0 Å². The van der Waals surface area contributed by atoms with Gasteiger partial charge in [0, 0.05) is 27.8 Å². The summed E-state index contributed by atoms with van der Waals surface area (Å²) in [6, 6.07) is 71.7. The van der Waals surface area contributed by atoms with Crippen molar-refractivity contribution in [1.82, 2.24) is 0 Å². The molecule has 0 aliphatic heterocycles. The Bertz CT molecular complexity index is 2880. The van der Waals surface area contributed by atoms with E-state index in [1.54, 1.807) is 0 Å². The Balaban J connectivity index is 1.13. The minimum Gasteiger partial charge on any atom is -0.456 e. The molecule has 0 saturated carbocycles. The van der Waals surface area contributed by atoms with Crippen LogP contribution in [0.4, 0.5) is 17.1 Å². The third kappa shape index (κ3) is 5.21. The number of benzene rings is 9. The van der Waals surface area contributed by atoms with Crippen LogP contribution in [0.5, 0.6) is 0 Å². The molecule has 0 aliphatic carbocycles. The lowest BCUT2D eigenvalue weighted by Gasteiger charge is -2.26. The molecule has 10 aromatic rings. The molecule has 0 bridgehead atoms. The fraction of sp³-hybridized carbons (Fsp3) is 0. The van der Waals surface area contributed by atoms with Crippen LogP contribution >= 0.6 is 0 Å². The molecule has 0 saturated heterocycles. The molecule has 10 rings (SSSR count). The fourth-order valence-electron chi connectivity index (χ4n) is 7.72. The second kappa shape index (κ2) is 12.5. The minimum atomic E-state index is 0.882. The number of hydrogen-bond acceptors (Lipinski definition) is 2. The molecule has 0 unspecified atom stereocenters. The highest BCUT2D eigenvalue weighted by molar-refractivity contribution is 6.11. The maximum atomic E-state index is 6.41. The highest BCUT2D eigenvalue weighted by atomic mass is 16.3. The van der Waals surface area contributed by atoms with Gasteiger partial charge in [0.15, 0.2) is 0 Å². The molecule has 0 amide bonds. The van der Waals surface area contributed by atoms with Gasteiger partial charge in [-0.25, -0.2) is 0 Å². The Kier molecular flexibility index (Phi) is 7.18. The van der Waals surface area contributed by atoms with Gasteiger partial charge in [-0.15, -0.1) is 0 Å². The third-order valence-electron chi connectivity index (χ3n) is 10.2. The molecular formula is C50H33NO. The molecule has 0 radical (unpaired) electrons. The standard InChI is InChI=1S/C50H33NO/c1-3-12-34(13-4-1)38-20-9-21-42(30-38)51(43-28-29-48-47(33-43)46-31-39-16-7-8-17-40(39)32-49(46)52-48)41-26-24-36(25-27-41)45-23-11-19-37-18-10-22-44(50(37)45)35-14-5-2-6-15-35/h1-33H. The van der Waals surface area contributed by atoms with Crippen molar-refractivity contribution in [2.45, 2.75) is 0 Å². The predicted octanol–water partition coefficient (Wildman–Crippen LogP) is 14.4. The Morgan fingerprint density at radius 2 is 0.846 bits per heavy atom. The van der Waals surface area contributed by atoms with Gasteiger partial charge in [-0.2, -0.15) is 0 Å².